The van der Waals surface area contributed by atoms with Crippen LogP contribution in [0.2, 0.25) is 0 Å². The molecule has 2 aromatic carbocycles. The van der Waals surface area contributed by atoms with Gasteiger partial charge >= 0.3 is 0 Å². The Morgan fingerprint density at radius 1 is 1.19 bits per heavy atom. The van der Waals surface area contributed by atoms with Crippen LogP contribution in [0.3, 0.4) is 0 Å². The van der Waals surface area contributed by atoms with E-state index in [0.717, 1.165) is 28.9 Å². The highest BCUT2D eigenvalue weighted by Crippen LogP contribution is 2.56. The first-order chi connectivity index (χ1) is 14.9. The molecule has 2 atom stereocenters. The van der Waals surface area contributed by atoms with Gasteiger partial charge < -0.3 is 5.11 Å². The zero-order chi connectivity index (χ0) is 21.6. The fourth-order valence-corrected chi connectivity index (χ4v) is 5.31. The topological polar surface area (TPSA) is 61.8 Å². The second-order valence-electron chi connectivity index (χ2n) is 8.92. The lowest BCUT2D eigenvalue weighted by molar-refractivity contribution is -0.0461. The molecule has 0 amide bonds. The summed E-state index contributed by atoms with van der Waals surface area (Å²) in [4.78, 5) is 0. The first-order valence-electron chi connectivity index (χ1n) is 10.7. The molecule has 0 saturated heterocycles. The van der Waals surface area contributed by atoms with E-state index in [1.807, 2.05) is 35.1 Å². The number of aliphatic hydroxyl groups is 1. The Hall–Kier alpha value is -3.23. The van der Waals surface area contributed by atoms with Crippen LogP contribution < -0.4 is 0 Å². The Kier molecular flexibility index (Phi) is 4.56. The summed E-state index contributed by atoms with van der Waals surface area (Å²) < 4.78 is 15.2. The molecule has 1 aromatic heterocycles. The van der Waals surface area contributed by atoms with Crippen molar-refractivity contribution >= 4 is 6.08 Å². The number of aryl methyl sites for hydroxylation is 1. The maximum Gasteiger partial charge on any atom is 0.123 e. The van der Waals surface area contributed by atoms with E-state index in [1.165, 1.54) is 17.7 Å². The van der Waals surface area contributed by atoms with Gasteiger partial charge in [0.15, 0.2) is 0 Å². The van der Waals surface area contributed by atoms with Crippen LogP contribution in [0, 0.1) is 22.6 Å². The van der Waals surface area contributed by atoms with Crippen LogP contribution in [0.15, 0.2) is 60.3 Å². The molecule has 5 heteroatoms. The van der Waals surface area contributed by atoms with Crippen molar-refractivity contribution < 1.29 is 9.50 Å². The van der Waals surface area contributed by atoms with Gasteiger partial charge in [-0.15, -0.1) is 0 Å². The van der Waals surface area contributed by atoms with Crippen molar-refractivity contribution in [3.8, 4) is 11.8 Å². The fourth-order valence-electron chi connectivity index (χ4n) is 5.31. The third kappa shape index (κ3) is 3.10. The minimum absolute atomic E-state index is 0.269. The number of aromatic nitrogens is 2. The molecule has 0 aliphatic heterocycles. The molecule has 156 valence electrons. The number of rotatable bonds is 4. The van der Waals surface area contributed by atoms with Gasteiger partial charge in [0.1, 0.15) is 5.82 Å². The van der Waals surface area contributed by atoms with Crippen molar-refractivity contribution in [2.45, 2.75) is 44.6 Å². The molecule has 2 aliphatic rings. The van der Waals surface area contributed by atoms with Crippen molar-refractivity contribution in [1.82, 2.24) is 9.78 Å². The first-order valence-corrected chi connectivity index (χ1v) is 10.7. The van der Waals surface area contributed by atoms with E-state index >= 15 is 0 Å². The van der Waals surface area contributed by atoms with Gasteiger partial charge in [-0.3, -0.25) is 0 Å². The number of fused-ring (bicyclic) bond motifs is 2. The van der Waals surface area contributed by atoms with Crippen LogP contribution in [0.4, 0.5) is 4.39 Å². The third-order valence-electron chi connectivity index (χ3n) is 7.30. The van der Waals surface area contributed by atoms with E-state index in [9.17, 15) is 14.8 Å². The summed E-state index contributed by atoms with van der Waals surface area (Å²) in [6.07, 6.45) is 7.56. The molecule has 31 heavy (non-hydrogen) atoms. The molecular weight excluding hydrogens is 389 g/mol. The minimum Gasteiger partial charge on any atom is -0.389 e. The SMILES string of the molecule is C[C@]12Cc3cnn(-c4ccc(F)cc4)c3C=C1CC[C@@]2(O)CCc1ccccc1C#N. The van der Waals surface area contributed by atoms with Crippen LogP contribution in [-0.4, -0.2) is 20.5 Å². The molecule has 0 spiro atoms. The maximum absolute atomic E-state index is 13.3. The number of hydrogen-bond donors (Lipinski definition) is 1. The average Bonchev–Trinajstić information content (AvgIpc) is 3.29. The Bertz CT molecular complexity index is 1220. The predicted octanol–water partition coefficient (Wildman–Crippen LogP) is 4.99. The van der Waals surface area contributed by atoms with E-state index in [1.54, 1.807) is 12.1 Å². The van der Waals surface area contributed by atoms with Crippen LogP contribution in [0.1, 0.15) is 48.6 Å². The fraction of sp³-hybridized carbons (Fsp3) is 0.308. The normalized spacial score (nSPS) is 24.3. The standard InChI is InChI=1S/C26H24FN3O/c1-25-15-20-17-29-30(23-8-6-22(27)7-9-23)24(20)14-21(25)11-13-26(25,31)12-10-18-4-2-3-5-19(18)16-28/h2-9,14,17,31H,10-13,15H2,1H3/t25-,26-/m0/s1. The summed E-state index contributed by atoms with van der Waals surface area (Å²) in [5, 5.41) is 25.7. The summed E-state index contributed by atoms with van der Waals surface area (Å²) in [6, 6.07) is 16.2. The predicted molar refractivity (Wildman–Crippen MR) is 117 cm³/mol. The Balaban J connectivity index is 1.44. The number of nitriles is 1. The Labute approximate surface area is 181 Å². The molecule has 1 fully saturated rings. The van der Waals surface area contributed by atoms with Crippen LogP contribution in [-0.2, 0) is 12.8 Å². The molecule has 1 N–H and O–H groups in total. The lowest BCUT2D eigenvalue weighted by Crippen LogP contribution is -2.45. The van der Waals surface area contributed by atoms with Crippen molar-refractivity contribution in [1.29, 1.82) is 5.26 Å². The average molecular weight is 413 g/mol. The van der Waals surface area contributed by atoms with Gasteiger partial charge in [0.25, 0.3) is 0 Å². The van der Waals surface area contributed by atoms with Crippen molar-refractivity contribution in [2.75, 3.05) is 0 Å². The smallest absolute Gasteiger partial charge is 0.123 e. The quantitative estimate of drug-likeness (QED) is 0.656. The molecule has 1 heterocycles. The first kappa shape index (κ1) is 19.7. The van der Waals surface area contributed by atoms with Crippen LogP contribution in [0.25, 0.3) is 11.8 Å². The summed E-state index contributed by atoms with van der Waals surface area (Å²) in [5.74, 6) is -0.269. The highest BCUT2D eigenvalue weighted by Gasteiger charge is 2.54. The molecule has 0 unspecified atom stereocenters. The van der Waals surface area contributed by atoms with Gasteiger partial charge in [-0.25, -0.2) is 9.07 Å². The zero-order valence-electron chi connectivity index (χ0n) is 17.5. The molecule has 5 rings (SSSR count). The monoisotopic (exact) mass is 413 g/mol. The van der Waals surface area contributed by atoms with Gasteiger partial charge in [-0.1, -0.05) is 30.7 Å². The highest BCUT2D eigenvalue weighted by molar-refractivity contribution is 5.62. The number of hydrogen-bond acceptors (Lipinski definition) is 3. The van der Waals surface area contributed by atoms with Gasteiger partial charge in [-0.2, -0.15) is 10.4 Å². The molecule has 2 aliphatic carbocycles. The Morgan fingerprint density at radius 2 is 1.97 bits per heavy atom. The van der Waals surface area contributed by atoms with E-state index in [4.69, 9.17) is 0 Å². The van der Waals surface area contributed by atoms with Crippen molar-refractivity contribution in [3.63, 3.8) is 0 Å². The van der Waals surface area contributed by atoms with Crippen LogP contribution >= 0.6 is 0 Å². The van der Waals surface area contributed by atoms with Crippen molar-refractivity contribution in [3.05, 3.63) is 88.5 Å². The summed E-state index contributed by atoms with van der Waals surface area (Å²) in [6.45, 7) is 2.15. The lowest BCUT2D eigenvalue weighted by Gasteiger charge is -2.42. The summed E-state index contributed by atoms with van der Waals surface area (Å²) in [5.41, 5.74) is 4.63. The molecular formula is C26H24FN3O. The largest absolute Gasteiger partial charge is 0.389 e. The van der Waals surface area contributed by atoms with Gasteiger partial charge in [0.2, 0.25) is 0 Å². The van der Waals surface area contributed by atoms with Crippen LogP contribution in [0.5, 0.6) is 0 Å². The number of nitrogens with zero attached hydrogens (tertiary/aromatic N) is 3. The highest BCUT2D eigenvalue weighted by atomic mass is 19.1. The van der Waals surface area contributed by atoms with E-state index in [2.05, 4.69) is 24.2 Å². The second kappa shape index (κ2) is 7.18. The summed E-state index contributed by atoms with van der Waals surface area (Å²) in [7, 11) is 0. The molecule has 0 radical (unpaired) electrons. The lowest BCUT2D eigenvalue weighted by atomic mass is 9.65. The number of halogens is 1. The van der Waals surface area contributed by atoms with Gasteiger partial charge in [0, 0.05) is 5.41 Å². The summed E-state index contributed by atoms with van der Waals surface area (Å²) >= 11 is 0. The molecule has 4 nitrogen and oxygen atoms in total. The molecule has 3 aromatic rings. The molecule has 0 bridgehead atoms. The Morgan fingerprint density at radius 3 is 2.74 bits per heavy atom. The van der Waals surface area contributed by atoms with E-state index in [0.29, 0.717) is 31.2 Å². The molecule has 1 saturated carbocycles. The van der Waals surface area contributed by atoms with Crippen molar-refractivity contribution in [2.24, 2.45) is 5.41 Å². The maximum atomic E-state index is 13.3. The van der Waals surface area contributed by atoms with E-state index in [-0.39, 0.29) is 11.2 Å². The second-order valence-corrected chi connectivity index (χ2v) is 8.92. The van der Waals surface area contributed by atoms with E-state index < -0.39 is 5.60 Å². The number of benzene rings is 2. The van der Waals surface area contributed by atoms with Gasteiger partial charge in [-0.05, 0) is 79.6 Å². The minimum atomic E-state index is -0.836. The zero-order valence-corrected chi connectivity index (χ0v) is 17.5. The third-order valence-corrected chi connectivity index (χ3v) is 7.30. The van der Waals surface area contributed by atoms with Gasteiger partial charge in [0.05, 0.1) is 34.8 Å².